The lowest BCUT2D eigenvalue weighted by Gasteiger charge is -2.32. The molecular formula is C14H24ClN3O2. The average Bonchev–Trinajstić information content (AvgIpc) is 2.76. The SMILES string of the molecule is CCc1nn(CC)c(CNCC2(O)CCOCC2)c1Cl. The van der Waals surface area contributed by atoms with E-state index in [4.69, 9.17) is 16.3 Å². The van der Waals surface area contributed by atoms with Crippen LogP contribution in [0.5, 0.6) is 0 Å². The van der Waals surface area contributed by atoms with E-state index in [0.717, 1.165) is 29.4 Å². The highest BCUT2D eigenvalue weighted by atomic mass is 35.5. The van der Waals surface area contributed by atoms with Crippen LogP contribution in [-0.2, 0) is 24.2 Å². The van der Waals surface area contributed by atoms with E-state index in [9.17, 15) is 5.11 Å². The highest BCUT2D eigenvalue weighted by Gasteiger charge is 2.29. The van der Waals surface area contributed by atoms with E-state index in [1.807, 2.05) is 4.68 Å². The van der Waals surface area contributed by atoms with Crippen molar-refractivity contribution in [2.45, 2.75) is 51.8 Å². The zero-order valence-electron chi connectivity index (χ0n) is 12.3. The average molecular weight is 302 g/mol. The lowest BCUT2D eigenvalue weighted by atomic mass is 9.94. The van der Waals surface area contributed by atoms with Crippen LogP contribution in [0.3, 0.4) is 0 Å². The number of aliphatic hydroxyl groups is 1. The standard InChI is InChI=1S/C14H24ClN3O2/c1-3-11-13(15)12(18(4-2)17-11)9-16-10-14(19)5-7-20-8-6-14/h16,19H,3-10H2,1-2H3. The lowest BCUT2D eigenvalue weighted by molar-refractivity contribution is -0.0617. The van der Waals surface area contributed by atoms with E-state index >= 15 is 0 Å². The third-order valence-electron chi connectivity index (χ3n) is 3.86. The van der Waals surface area contributed by atoms with Gasteiger partial charge in [0, 0.05) is 45.7 Å². The first kappa shape index (κ1) is 15.8. The van der Waals surface area contributed by atoms with Crippen LogP contribution in [-0.4, -0.2) is 40.2 Å². The highest BCUT2D eigenvalue weighted by Crippen LogP contribution is 2.23. The molecule has 1 saturated heterocycles. The van der Waals surface area contributed by atoms with Crippen molar-refractivity contribution in [1.29, 1.82) is 0 Å². The molecule has 0 aliphatic carbocycles. The van der Waals surface area contributed by atoms with Crippen LogP contribution in [0, 0.1) is 0 Å². The van der Waals surface area contributed by atoms with Gasteiger partial charge in [-0.15, -0.1) is 0 Å². The number of hydrogen-bond acceptors (Lipinski definition) is 4. The Kier molecular flexibility index (Phi) is 5.43. The first-order valence-corrected chi connectivity index (χ1v) is 7.72. The van der Waals surface area contributed by atoms with Crippen molar-refractivity contribution in [3.05, 3.63) is 16.4 Å². The molecule has 1 aromatic rings. The number of aryl methyl sites for hydroxylation is 2. The molecule has 0 radical (unpaired) electrons. The van der Waals surface area contributed by atoms with Gasteiger partial charge in [-0.3, -0.25) is 4.68 Å². The number of halogens is 1. The minimum atomic E-state index is -0.657. The van der Waals surface area contributed by atoms with Crippen LogP contribution < -0.4 is 5.32 Å². The summed E-state index contributed by atoms with van der Waals surface area (Å²) >= 11 is 6.36. The maximum atomic E-state index is 10.4. The Morgan fingerprint density at radius 2 is 2.10 bits per heavy atom. The number of ether oxygens (including phenoxy) is 1. The Bertz CT molecular complexity index is 442. The molecule has 6 heteroatoms. The molecular weight excluding hydrogens is 278 g/mol. The second-order valence-corrected chi connectivity index (χ2v) is 5.69. The van der Waals surface area contributed by atoms with Gasteiger partial charge in [-0.25, -0.2) is 0 Å². The van der Waals surface area contributed by atoms with Gasteiger partial charge in [0.05, 0.1) is 22.0 Å². The molecule has 0 saturated carbocycles. The molecule has 20 heavy (non-hydrogen) atoms. The molecule has 0 atom stereocenters. The Morgan fingerprint density at radius 1 is 1.40 bits per heavy atom. The van der Waals surface area contributed by atoms with Crippen molar-refractivity contribution in [2.24, 2.45) is 0 Å². The maximum Gasteiger partial charge on any atom is 0.0863 e. The van der Waals surface area contributed by atoms with Gasteiger partial charge < -0.3 is 15.2 Å². The quantitative estimate of drug-likeness (QED) is 0.840. The summed E-state index contributed by atoms with van der Waals surface area (Å²) in [5, 5.41) is 19.0. The van der Waals surface area contributed by atoms with Gasteiger partial charge in [-0.1, -0.05) is 18.5 Å². The second-order valence-electron chi connectivity index (χ2n) is 5.32. The molecule has 2 N–H and O–H groups in total. The predicted molar refractivity (Wildman–Crippen MR) is 79.0 cm³/mol. The number of nitrogens with one attached hydrogen (secondary N) is 1. The third kappa shape index (κ3) is 3.52. The molecule has 1 aliphatic rings. The molecule has 0 aromatic carbocycles. The zero-order chi connectivity index (χ0) is 14.6. The molecule has 1 aromatic heterocycles. The van der Waals surface area contributed by atoms with Crippen molar-refractivity contribution in [1.82, 2.24) is 15.1 Å². The van der Waals surface area contributed by atoms with Crippen LogP contribution in [0.15, 0.2) is 0 Å². The largest absolute Gasteiger partial charge is 0.388 e. The van der Waals surface area contributed by atoms with E-state index in [1.165, 1.54) is 0 Å². The normalized spacial score (nSPS) is 18.4. The van der Waals surface area contributed by atoms with Gasteiger partial charge in [0.1, 0.15) is 0 Å². The van der Waals surface area contributed by atoms with Crippen molar-refractivity contribution in [3.63, 3.8) is 0 Å². The summed E-state index contributed by atoms with van der Waals surface area (Å²) < 4.78 is 7.21. The van der Waals surface area contributed by atoms with Crippen molar-refractivity contribution in [3.8, 4) is 0 Å². The van der Waals surface area contributed by atoms with Gasteiger partial charge in [0.2, 0.25) is 0 Å². The monoisotopic (exact) mass is 301 g/mol. The summed E-state index contributed by atoms with van der Waals surface area (Å²) in [6, 6.07) is 0. The van der Waals surface area contributed by atoms with Crippen LogP contribution in [0.1, 0.15) is 38.1 Å². The molecule has 5 nitrogen and oxygen atoms in total. The molecule has 2 heterocycles. The van der Waals surface area contributed by atoms with Crippen molar-refractivity contribution < 1.29 is 9.84 Å². The fourth-order valence-electron chi connectivity index (χ4n) is 2.53. The minimum absolute atomic E-state index is 0.559. The van der Waals surface area contributed by atoms with Crippen molar-refractivity contribution in [2.75, 3.05) is 19.8 Å². The Balaban J connectivity index is 1.95. The molecule has 114 valence electrons. The third-order valence-corrected chi connectivity index (χ3v) is 4.30. The molecule has 0 unspecified atom stereocenters. The number of nitrogens with zero attached hydrogens (tertiary/aromatic N) is 2. The maximum absolute atomic E-state index is 10.4. The molecule has 0 bridgehead atoms. The smallest absolute Gasteiger partial charge is 0.0863 e. The lowest BCUT2D eigenvalue weighted by Crippen LogP contribution is -2.45. The summed E-state index contributed by atoms with van der Waals surface area (Å²) in [6.07, 6.45) is 2.20. The molecule has 1 fully saturated rings. The number of aromatic nitrogens is 2. The summed E-state index contributed by atoms with van der Waals surface area (Å²) in [7, 11) is 0. The molecule has 0 spiro atoms. The van der Waals surface area contributed by atoms with E-state index in [1.54, 1.807) is 0 Å². The zero-order valence-corrected chi connectivity index (χ0v) is 13.0. The molecule has 1 aliphatic heterocycles. The Morgan fingerprint density at radius 3 is 2.70 bits per heavy atom. The van der Waals surface area contributed by atoms with Gasteiger partial charge in [0.25, 0.3) is 0 Å². The summed E-state index contributed by atoms with van der Waals surface area (Å²) in [5.41, 5.74) is 1.28. The van der Waals surface area contributed by atoms with Gasteiger partial charge in [-0.05, 0) is 13.3 Å². The Hall–Kier alpha value is -0.620. The van der Waals surface area contributed by atoms with E-state index in [0.29, 0.717) is 39.1 Å². The van der Waals surface area contributed by atoms with E-state index in [2.05, 4.69) is 24.3 Å². The summed E-state index contributed by atoms with van der Waals surface area (Å²) in [6.45, 7) is 7.35. The van der Waals surface area contributed by atoms with Crippen LogP contribution in [0.25, 0.3) is 0 Å². The fourth-order valence-corrected chi connectivity index (χ4v) is 2.86. The van der Waals surface area contributed by atoms with Crippen LogP contribution in [0.4, 0.5) is 0 Å². The summed E-state index contributed by atoms with van der Waals surface area (Å²) in [5.74, 6) is 0. The highest BCUT2D eigenvalue weighted by molar-refractivity contribution is 6.31. The Labute approximate surface area is 125 Å². The van der Waals surface area contributed by atoms with Gasteiger partial charge in [-0.2, -0.15) is 5.10 Å². The minimum Gasteiger partial charge on any atom is -0.388 e. The van der Waals surface area contributed by atoms with Gasteiger partial charge in [0.15, 0.2) is 0 Å². The van der Waals surface area contributed by atoms with Crippen LogP contribution in [0.2, 0.25) is 5.02 Å². The molecule has 0 amide bonds. The van der Waals surface area contributed by atoms with Crippen LogP contribution >= 0.6 is 11.6 Å². The summed E-state index contributed by atoms with van der Waals surface area (Å²) in [4.78, 5) is 0. The first-order chi connectivity index (χ1) is 9.59. The number of hydrogen-bond donors (Lipinski definition) is 2. The van der Waals surface area contributed by atoms with E-state index < -0.39 is 5.60 Å². The first-order valence-electron chi connectivity index (χ1n) is 7.34. The fraction of sp³-hybridized carbons (Fsp3) is 0.786. The van der Waals surface area contributed by atoms with Gasteiger partial charge >= 0.3 is 0 Å². The topological polar surface area (TPSA) is 59.3 Å². The van der Waals surface area contributed by atoms with Crippen molar-refractivity contribution >= 4 is 11.6 Å². The predicted octanol–water partition coefficient (Wildman–Crippen LogP) is 1.75. The number of rotatable bonds is 6. The molecule has 2 rings (SSSR count). The van der Waals surface area contributed by atoms with E-state index in [-0.39, 0.29) is 0 Å². The second kappa shape index (κ2) is 6.89.